The van der Waals surface area contributed by atoms with E-state index in [2.05, 4.69) is 15.4 Å². The van der Waals surface area contributed by atoms with Crippen LogP contribution < -0.4 is 5.32 Å². The van der Waals surface area contributed by atoms with Gasteiger partial charge in [0.05, 0.1) is 12.2 Å². The molecule has 0 radical (unpaired) electrons. The molecule has 4 aliphatic carbocycles. The Morgan fingerprint density at radius 3 is 2.38 bits per heavy atom. The first kappa shape index (κ1) is 16.0. The molecule has 1 N–H and O–H groups in total. The van der Waals surface area contributed by atoms with Crippen molar-refractivity contribution in [2.24, 2.45) is 23.2 Å². The molecule has 1 amide bonds. The third-order valence-electron chi connectivity index (χ3n) is 6.76. The lowest BCUT2D eigenvalue weighted by molar-refractivity contribution is -0.146. The van der Waals surface area contributed by atoms with Gasteiger partial charge >= 0.3 is 0 Å². The molecular weight excluding hydrogens is 324 g/mol. The van der Waals surface area contributed by atoms with Gasteiger partial charge < -0.3 is 5.32 Å². The van der Waals surface area contributed by atoms with Gasteiger partial charge in [-0.25, -0.2) is 0 Å². The van der Waals surface area contributed by atoms with E-state index in [1.54, 1.807) is 12.4 Å². The minimum Gasteiger partial charge on any atom is -0.354 e. The summed E-state index contributed by atoms with van der Waals surface area (Å²) in [5, 5.41) is 7.83. The van der Waals surface area contributed by atoms with Crippen molar-refractivity contribution in [2.75, 3.05) is 6.54 Å². The Morgan fingerprint density at radius 1 is 1.08 bits per heavy atom. The molecule has 6 rings (SSSR count). The largest absolute Gasteiger partial charge is 0.354 e. The summed E-state index contributed by atoms with van der Waals surface area (Å²) < 4.78 is 1.91. The van der Waals surface area contributed by atoms with E-state index in [0.29, 0.717) is 19.0 Å². The van der Waals surface area contributed by atoms with Crippen molar-refractivity contribution in [2.45, 2.75) is 45.1 Å². The van der Waals surface area contributed by atoms with Crippen LogP contribution in [0, 0.1) is 23.2 Å². The number of amides is 1. The molecule has 4 aliphatic rings. The van der Waals surface area contributed by atoms with Crippen LogP contribution in [0.5, 0.6) is 0 Å². The lowest BCUT2D eigenvalue weighted by Crippen LogP contribution is -2.53. The molecule has 136 valence electrons. The number of nitrogens with zero attached hydrogens (tertiary/aromatic N) is 3. The number of rotatable bonds is 5. The van der Waals surface area contributed by atoms with Crippen molar-refractivity contribution < 1.29 is 4.79 Å². The van der Waals surface area contributed by atoms with E-state index in [1.165, 1.54) is 19.3 Å². The fraction of sp³-hybridized carbons (Fsp3) is 0.571. The summed E-state index contributed by atoms with van der Waals surface area (Å²) in [7, 11) is 0. The Bertz CT molecular complexity index is 762. The first-order valence-corrected chi connectivity index (χ1v) is 9.92. The van der Waals surface area contributed by atoms with E-state index >= 15 is 0 Å². The van der Waals surface area contributed by atoms with Crippen LogP contribution in [0.25, 0.3) is 11.3 Å². The number of hydrogen-bond donors (Lipinski definition) is 1. The highest BCUT2D eigenvalue weighted by Crippen LogP contribution is 2.60. The van der Waals surface area contributed by atoms with Crippen LogP contribution in [-0.2, 0) is 11.3 Å². The van der Waals surface area contributed by atoms with Gasteiger partial charge in [-0.1, -0.05) is 0 Å². The second-order valence-corrected chi connectivity index (χ2v) is 8.65. The fourth-order valence-corrected chi connectivity index (χ4v) is 6.02. The Labute approximate surface area is 154 Å². The molecule has 0 aromatic carbocycles. The Hall–Kier alpha value is -2.17. The van der Waals surface area contributed by atoms with E-state index in [9.17, 15) is 4.79 Å². The lowest BCUT2D eigenvalue weighted by Gasteiger charge is -2.55. The molecule has 0 spiro atoms. The summed E-state index contributed by atoms with van der Waals surface area (Å²) >= 11 is 0. The molecule has 4 fully saturated rings. The number of aromatic nitrogens is 3. The maximum atomic E-state index is 13.0. The molecule has 0 aliphatic heterocycles. The number of pyridine rings is 1. The maximum absolute atomic E-state index is 13.0. The van der Waals surface area contributed by atoms with Crippen LogP contribution in [0.3, 0.4) is 0 Å². The Kier molecular flexibility index (Phi) is 3.84. The molecule has 26 heavy (non-hydrogen) atoms. The quantitative estimate of drug-likeness (QED) is 0.900. The molecular formula is C21H26N4O. The Morgan fingerprint density at radius 2 is 1.73 bits per heavy atom. The zero-order valence-electron chi connectivity index (χ0n) is 15.1. The van der Waals surface area contributed by atoms with Gasteiger partial charge in [-0.15, -0.1) is 0 Å². The van der Waals surface area contributed by atoms with Gasteiger partial charge in [0.25, 0.3) is 0 Å². The second kappa shape index (κ2) is 6.22. The summed E-state index contributed by atoms with van der Waals surface area (Å²) in [5.41, 5.74) is 1.96. The molecule has 2 heterocycles. The Balaban J connectivity index is 1.19. The van der Waals surface area contributed by atoms with Crippen LogP contribution in [0.4, 0.5) is 0 Å². The summed E-state index contributed by atoms with van der Waals surface area (Å²) in [4.78, 5) is 17.0. The van der Waals surface area contributed by atoms with Gasteiger partial charge in [0.2, 0.25) is 5.91 Å². The molecule has 0 saturated heterocycles. The molecule has 4 saturated carbocycles. The van der Waals surface area contributed by atoms with E-state index < -0.39 is 0 Å². The molecule has 2 aromatic rings. The number of carbonyl (C=O) groups excluding carboxylic acids is 1. The zero-order valence-corrected chi connectivity index (χ0v) is 15.1. The fourth-order valence-electron chi connectivity index (χ4n) is 6.02. The smallest absolute Gasteiger partial charge is 0.226 e. The van der Waals surface area contributed by atoms with E-state index in [-0.39, 0.29) is 5.41 Å². The molecule has 0 atom stereocenters. The molecule has 5 nitrogen and oxygen atoms in total. The highest BCUT2D eigenvalue weighted by Gasteiger charge is 2.54. The molecule has 2 aromatic heterocycles. The minimum absolute atomic E-state index is 0.0545. The second-order valence-electron chi connectivity index (χ2n) is 8.65. The van der Waals surface area contributed by atoms with Crippen LogP contribution >= 0.6 is 0 Å². The van der Waals surface area contributed by atoms with Crippen molar-refractivity contribution in [1.29, 1.82) is 0 Å². The van der Waals surface area contributed by atoms with Gasteiger partial charge in [-0.05, 0) is 74.5 Å². The predicted molar refractivity (Wildman–Crippen MR) is 99.1 cm³/mol. The van der Waals surface area contributed by atoms with Crippen molar-refractivity contribution in [3.05, 3.63) is 36.8 Å². The van der Waals surface area contributed by atoms with Gasteiger partial charge in [-0.2, -0.15) is 5.10 Å². The van der Waals surface area contributed by atoms with Crippen molar-refractivity contribution >= 4 is 5.91 Å². The van der Waals surface area contributed by atoms with Gasteiger partial charge in [-0.3, -0.25) is 14.5 Å². The number of carbonyl (C=O) groups is 1. The first-order valence-electron chi connectivity index (χ1n) is 9.92. The topological polar surface area (TPSA) is 59.8 Å². The summed E-state index contributed by atoms with van der Waals surface area (Å²) in [6, 6.07) is 5.93. The van der Waals surface area contributed by atoms with Crippen molar-refractivity contribution in [3.8, 4) is 11.3 Å². The highest BCUT2D eigenvalue weighted by molar-refractivity contribution is 5.83. The van der Waals surface area contributed by atoms with Gasteiger partial charge in [0, 0.05) is 36.1 Å². The molecule has 5 heteroatoms. The average molecular weight is 350 g/mol. The van der Waals surface area contributed by atoms with Crippen LogP contribution in [0.2, 0.25) is 0 Å². The van der Waals surface area contributed by atoms with Crippen LogP contribution in [-0.4, -0.2) is 27.2 Å². The molecule has 0 unspecified atom stereocenters. The van der Waals surface area contributed by atoms with Gasteiger partial charge in [0.1, 0.15) is 0 Å². The third-order valence-corrected chi connectivity index (χ3v) is 6.76. The lowest BCUT2D eigenvalue weighted by atomic mass is 9.49. The minimum atomic E-state index is -0.0545. The third kappa shape index (κ3) is 2.83. The zero-order chi connectivity index (χ0) is 17.6. The van der Waals surface area contributed by atoms with Crippen LogP contribution in [0.15, 0.2) is 36.8 Å². The van der Waals surface area contributed by atoms with Crippen LogP contribution in [0.1, 0.15) is 38.5 Å². The normalized spacial score (nSPS) is 31.9. The average Bonchev–Trinajstić information content (AvgIpc) is 3.10. The van der Waals surface area contributed by atoms with E-state index in [0.717, 1.165) is 48.3 Å². The first-order chi connectivity index (χ1) is 12.7. The number of nitrogens with one attached hydrogen (secondary N) is 1. The SMILES string of the molecule is O=C(NCCn1ccc(-c2ccncc2)n1)C12CC3CC(CC(C3)C1)C2. The maximum Gasteiger partial charge on any atom is 0.226 e. The standard InChI is InChI=1S/C21H26N4O/c26-20(21-12-15-9-16(13-21)11-17(10-15)14-21)23-6-8-25-7-3-19(24-25)18-1-4-22-5-2-18/h1-5,7,15-17H,6,8-14H2,(H,23,26). The summed E-state index contributed by atoms with van der Waals surface area (Å²) in [6.07, 6.45) is 13.0. The van der Waals surface area contributed by atoms with Crippen molar-refractivity contribution in [3.63, 3.8) is 0 Å². The van der Waals surface area contributed by atoms with Gasteiger partial charge in [0.15, 0.2) is 0 Å². The van der Waals surface area contributed by atoms with Crippen molar-refractivity contribution in [1.82, 2.24) is 20.1 Å². The predicted octanol–water partition coefficient (Wildman–Crippen LogP) is 3.28. The monoisotopic (exact) mass is 350 g/mol. The number of hydrogen-bond acceptors (Lipinski definition) is 3. The highest BCUT2D eigenvalue weighted by atomic mass is 16.2. The van der Waals surface area contributed by atoms with E-state index in [1.807, 2.05) is 29.1 Å². The van der Waals surface area contributed by atoms with E-state index in [4.69, 9.17) is 0 Å². The summed E-state index contributed by atoms with van der Waals surface area (Å²) in [6.45, 7) is 1.36. The summed E-state index contributed by atoms with van der Waals surface area (Å²) in [5.74, 6) is 2.72. The molecule has 4 bridgehead atoms.